The number of hydrogen-bond acceptors (Lipinski definition) is 4. The zero-order valence-corrected chi connectivity index (χ0v) is 12.4. The van der Waals surface area contributed by atoms with E-state index in [9.17, 15) is 0 Å². The molecule has 4 nitrogen and oxygen atoms in total. The van der Waals surface area contributed by atoms with Gasteiger partial charge in [0.1, 0.15) is 0 Å². The second-order valence-corrected chi connectivity index (χ2v) is 5.26. The van der Waals surface area contributed by atoms with Crippen LogP contribution in [0.15, 0.2) is 0 Å². The molecule has 0 amide bonds. The fraction of sp³-hybridized carbons (Fsp3) is 1.00. The maximum Gasteiger partial charge on any atom is 0.171 e. The van der Waals surface area contributed by atoms with E-state index in [1.54, 1.807) is 14.2 Å². The number of nitrogens with zero attached hydrogens (tertiary/aromatic N) is 1. The fourth-order valence-corrected chi connectivity index (χ4v) is 2.66. The van der Waals surface area contributed by atoms with Crippen LogP contribution in [-0.4, -0.2) is 57.1 Å². The fourth-order valence-electron chi connectivity index (χ4n) is 2.66. The van der Waals surface area contributed by atoms with Gasteiger partial charge in [0.2, 0.25) is 0 Å². The highest BCUT2D eigenvalue weighted by atomic mass is 16.7. The number of nitrogens with one attached hydrogen (secondary N) is 1. The summed E-state index contributed by atoms with van der Waals surface area (Å²) in [5.41, 5.74) is 0. The Kier molecular flexibility index (Phi) is 7.82. The summed E-state index contributed by atoms with van der Waals surface area (Å²) in [6, 6.07) is 0.845. The van der Waals surface area contributed by atoms with Crippen molar-refractivity contribution in [3.05, 3.63) is 0 Å². The average molecular weight is 258 g/mol. The largest absolute Gasteiger partial charge is 0.354 e. The minimum Gasteiger partial charge on any atom is -0.354 e. The molecule has 1 fully saturated rings. The lowest BCUT2D eigenvalue weighted by molar-refractivity contribution is -0.121. The Bertz CT molecular complexity index is 202. The minimum atomic E-state index is -0.150. The van der Waals surface area contributed by atoms with E-state index >= 15 is 0 Å². The van der Waals surface area contributed by atoms with Crippen LogP contribution in [0, 0.1) is 0 Å². The molecule has 0 aromatic rings. The van der Waals surface area contributed by atoms with Crippen molar-refractivity contribution in [2.45, 2.75) is 57.9 Å². The summed E-state index contributed by atoms with van der Waals surface area (Å²) in [5.74, 6) is 0. The van der Waals surface area contributed by atoms with Crippen molar-refractivity contribution in [2.75, 3.05) is 33.9 Å². The molecule has 1 atom stereocenters. The van der Waals surface area contributed by atoms with E-state index in [0.29, 0.717) is 6.04 Å². The second-order valence-electron chi connectivity index (χ2n) is 5.26. The number of methoxy groups -OCH3 is 2. The maximum absolute atomic E-state index is 5.28. The third kappa shape index (κ3) is 5.22. The first-order valence-electron chi connectivity index (χ1n) is 7.25. The van der Waals surface area contributed by atoms with E-state index < -0.39 is 0 Å². The van der Waals surface area contributed by atoms with Gasteiger partial charge in [-0.15, -0.1) is 0 Å². The van der Waals surface area contributed by atoms with Crippen LogP contribution < -0.4 is 5.32 Å². The summed E-state index contributed by atoms with van der Waals surface area (Å²) in [6.45, 7) is 8.08. The topological polar surface area (TPSA) is 33.7 Å². The van der Waals surface area contributed by atoms with E-state index in [-0.39, 0.29) is 12.3 Å². The molecule has 4 heteroatoms. The molecule has 0 aromatic heterocycles. The molecule has 108 valence electrons. The summed E-state index contributed by atoms with van der Waals surface area (Å²) >= 11 is 0. The molecule has 1 rings (SSSR count). The van der Waals surface area contributed by atoms with Gasteiger partial charge >= 0.3 is 0 Å². The van der Waals surface area contributed by atoms with Crippen molar-refractivity contribution < 1.29 is 9.47 Å². The monoisotopic (exact) mass is 258 g/mol. The number of likely N-dealkylation sites (tertiary alicyclic amines) is 1. The van der Waals surface area contributed by atoms with Gasteiger partial charge in [-0.2, -0.15) is 0 Å². The Morgan fingerprint density at radius 3 is 2.33 bits per heavy atom. The van der Waals surface area contributed by atoms with Crippen molar-refractivity contribution in [3.8, 4) is 0 Å². The Balaban J connectivity index is 2.22. The molecule has 0 saturated carbocycles. The van der Waals surface area contributed by atoms with E-state index in [1.165, 1.54) is 45.3 Å². The highest BCUT2D eigenvalue weighted by Crippen LogP contribution is 2.13. The molecule has 1 unspecified atom stereocenters. The maximum atomic E-state index is 5.28. The van der Waals surface area contributed by atoms with Crippen LogP contribution in [0.4, 0.5) is 0 Å². The first-order chi connectivity index (χ1) is 8.71. The normalized spacial score (nSPS) is 20.5. The lowest BCUT2D eigenvalue weighted by atomic mass is 10.0. The quantitative estimate of drug-likeness (QED) is 0.674. The van der Waals surface area contributed by atoms with Gasteiger partial charge in [-0.25, -0.2) is 0 Å². The van der Waals surface area contributed by atoms with Gasteiger partial charge < -0.3 is 19.7 Å². The molecule has 1 aliphatic heterocycles. The number of unbranched alkanes of at least 4 members (excludes halogenated alkanes) is 1. The summed E-state index contributed by atoms with van der Waals surface area (Å²) in [6.07, 6.45) is 4.92. The number of ether oxygens (including phenoxy) is 2. The first kappa shape index (κ1) is 15.9. The van der Waals surface area contributed by atoms with Crippen LogP contribution in [0.1, 0.15) is 39.5 Å². The van der Waals surface area contributed by atoms with Crippen LogP contribution >= 0.6 is 0 Å². The molecule has 1 heterocycles. The number of hydrogen-bond donors (Lipinski definition) is 1. The van der Waals surface area contributed by atoms with Gasteiger partial charge in [-0.3, -0.25) is 0 Å². The zero-order chi connectivity index (χ0) is 13.4. The van der Waals surface area contributed by atoms with Crippen LogP contribution in [0.2, 0.25) is 0 Å². The summed E-state index contributed by atoms with van der Waals surface area (Å²) in [4.78, 5) is 2.58. The van der Waals surface area contributed by atoms with E-state index in [1.807, 2.05) is 0 Å². The molecule has 1 saturated heterocycles. The minimum absolute atomic E-state index is 0.150. The molecule has 0 radical (unpaired) electrons. The number of rotatable bonds is 8. The molecule has 18 heavy (non-hydrogen) atoms. The van der Waals surface area contributed by atoms with Crippen molar-refractivity contribution in [1.29, 1.82) is 0 Å². The van der Waals surface area contributed by atoms with Gasteiger partial charge in [-0.05, 0) is 45.8 Å². The van der Waals surface area contributed by atoms with E-state index in [4.69, 9.17) is 9.47 Å². The SMILES string of the molecule is CCCCN1CCC(NC(C)C(OC)OC)CC1. The second kappa shape index (κ2) is 8.86. The standard InChI is InChI=1S/C14H30N2O2/c1-5-6-9-16-10-7-13(8-11-16)15-12(2)14(17-3)18-4/h12-15H,5-11H2,1-4H3. The van der Waals surface area contributed by atoms with Crippen LogP contribution in [0.5, 0.6) is 0 Å². The molecule has 0 aliphatic carbocycles. The molecule has 1 N–H and O–H groups in total. The third-order valence-corrected chi connectivity index (χ3v) is 3.79. The van der Waals surface area contributed by atoms with Crippen molar-refractivity contribution in [2.24, 2.45) is 0 Å². The molecule has 0 bridgehead atoms. The van der Waals surface area contributed by atoms with Crippen LogP contribution in [-0.2, 0) is 9.47 Å². The number of piperidine rings is 1. The highest BCUT2D eigenvalue weighted by molar-refractivity contribution is 4.80. The van der Waals surface area contributed by atoms with E-state index in [0.717, 1.165) is 0 Å². The molecule has 1 aliphatic rings. The lowest BCUT2D eigenvalue weighted by Crippen LogP contribution is -2.49. The van der Waals surface area contributed by atoms with Crippen molar-refractivity contribution in [3.63, 3.8) is 0 Å². The van der Waals surface area contributed by atoms with Gasteiger partial charge in [0, 0.05) is 20.3 Å². The zero-order valence-electron chi connectivity index (χ0n) is 12.4. The van der Waals surface area contributed by atoms with Gasteiger partial charge in [-0.1, -0.05) is 13.3 Å². The molecular formula is C14H30N2O2. The Hall–Kier alpha value is -0.160. The van der Waals surface area contributed by atoms with Crippen LogP contribution in [0.25, 0.3) is 0 Å². The smallest absolute Gasteiger partial charge is 0.171 e. The van der Waals surface area contributed by atoms with Gasteiger partial charge in [0.05, 0.1) is 6.04 Å². The predicted octanol–water partition coefficient (Wildman–Crippen LogP) is 1.85. The third-order valence-electron chi connectivity index (χ3n) is 3.79. The first-order valence-corrected chi connectivity index (χ1v) is 7.25. The Labute approximate surface area is 112 Å². The molecular weight excluding hydrogens is 228 g/mol. The molecule has 0 spiro atoms. The predicted molar refractivity (Wildman–Crippen MR) is 74.8 cm³/mol. The van der Waals surface area contributed by atoms with Crippen molar-refractivity contribution in [1.82, 2.24) is 10.2 Å². The average Bonchev–Trinajstić information content (AvgIpc) is 2.39. The lowest BCUT2D eigenvalue weighted by Gasteiger charge is -2.35. The van der Waals surface area contributed by atoms with Crippen molar-refractivity contribution >= 4 is 0 Å². The Morgan fingerprint density at radius 1 is 1.22 bits per heavy atom. The summed E-state index contributed by atoms with van der Waals surface area (Å²) in [5, 5.41) is 3.62. The highest BCUT2D eigenvalue weighted by Gasteiger charge is 2.23. The Morgan fingerprint density at radius 2 is 1.83 bits per heavy atom. The van der Waals surface area contributed by atoms with Gasteiger partial charge in [0.15, 0.2) is 6.29 Å². The summed E-state index contributed by atoms with van der Waals surface area (Å²) < 4.78 is 10.6. The summed E-state index contributed by atoms with van der Waals surface area (Å²) in [7, 11) is 3.39. The molecule has 0 aromatic carbocycles. The van der Waals surface area contributed by atoms with Crippen LogP contribution in [0.3, 0.4) is 0 Å². The van der Waals surface area contributed by atoms with Gasteiger partial charge in [0.25, 0.3) is 0 Å². The van der Waals surface area contributed by atoms with E-state index in [2.05, 4.69) is 24.1 Å².